The molecule has 2 aromatic rings. The molecule has 2 aromatic heterocycles. The Balaban J connectivity index is 0.000000271. The quantitative estimate of drug-likeness (QED) is 0.515. The number of primary amides is 1. The van der Waals surface area contributed by atoms with Crippen LogP contribution in [0, 0.1) is 5.95 Å². The molecule has 0 aliphatic carbocycles. The van der Waals surface area contributed by atoms with Crippen molar-refractivity contribution in [3.05, 3.63) is 42.2 Å². The maximum atomic E-state index is 12.1. The van der Waals surface area contributed by atoms with Crippen LogP contribution < -0.4 is 16.2 Å². The van der Waals surface area contributed by atoms with E-state index >= 15 is 0 Å². The monoisotopic (exact) mass is 352 g/mol. The Kier molecular flexibility index (Phi) is 9.46. The summed E-state index contributed by atoms with van der Waals surface area (Å²) in [6.45, 7) is 0.749. The van der Waals surface area contributed by atoms with Crippen LogP contribution in [0.2, 0.25) is 0 Å². The third-order valence-electron chi connectivity index (χ3n) is 2.97. The van der Waals surface area contributed by atoms with Crippen molar-refractivity contribution in [2.45, 2.75) is 25.7 Å². The van der Waals surface area contributed by atoms with Gasteiger partial charge in [-0.15, -0.1) is 0 Å². The highest BCUT2D eigenvalue weighted by atomic mass is 19.1. The number of carbonyl (C=O) groups excluding carboxylic acids is 2. The van der Waals surface area contributed by atoms with E-state index in [0.717, 1.165) is 31.5 Å². The SMILES string of the molecule is NC(=O)c1ccc(F)nc1.NCCCCCC(=O)COc1ccon1. The number of ether oxygens (including phenoxy) is 1. The maximum Gasteiger partial charge on any atom is 0.254 e. The average Bonchev–Trinajstić information content (AvgIpc) is 3.11. The second-order valence-corrected chi connectivity index (χ2v) is 5.00. The van der Waals surface area contributed by atoms with Gasteiger partial charge >= 0.3 is 0 Å². The van der Waals surface area contributed by atoms with Gasteiger partial charge in [-0.3, -0.25) is 9.59 Å². The Morgan fingerprint density at radius 1 is 1.20 bits per heavy atom. The van der Waals surface area contributed by atoms with Crippen LogP contribution in [-0.2, 0) is 4.79 Å². The molecule has 0 saturated carbocycles. The fraction of sp³-hybridized carbons (Fsp3) is 0.375. The topological polar surface area (TPSA) is 134 Å². The van der Waals surface area contributed by atoms with Crippen LogP contribution in [0.3, 0.4) is 0 Å². The Hall–Kier alpha value is -2.81. The largest absolute Gasteiger partial charge is 0.468 e. The minimum Gasteiger partial charge on any atom is -0.468 e. The zero-order valence-electron chi connectivity index (χ0n) is 13.7. The summed E-state index contributed by atoms with van der Waals surface area (Å²) in [5.74, 6) is -0.794. The number of hydrogen-bond acceptors (Lipinski definition) is 7. The first-order chi connectivity index (χ1) is 12.0. The Morgan fingerprint density at radius 3 is 2.56 bits per heavy atom. The molecule has 0 aromatic carbocycles. The van der Waals surface area contributed by atoms with Gasteiger partial charge in [0.05, 0.1) is 5.56 Å². The van der Waals surface area contributed by atoms with E-state index in [0.29, 0.717) is 18.8 Å². The van der Waals surface area contributed by atoms with E-state index in [1.54, 1.807) is 6.07 Å². The first kappa shape index (κ1) is 20.2. The minimum absolute atomic E-state index is 0.0646. The van der Waals surface area contributed by atoms with Gasteiger partial charge in [-0.25, -0.2) is 4.98 Å². The number of aromatic nitrogens is 2. The van der Waals surface area contributed by atoms with Crippen molar-refractivity contribution in [1.82, 2.24) is 10.1 Å². The van der Waals surface area contributed by atoms with Crippen molar-refractivity contribution in [2.24, 2.45) is 11.5 Å². The number of unbranched alkanes of at least 4 members (excludes halogenated alkanes) is 2. The highest BCUT2D eigenvalue weighted by Crippen LogP contribution is 2.05. The number of ketones is 1. The fourth-order valence-corrected chi connectivity index (χ4v) is 1.67. The predicted molar refractivity (Wildman–Crippen MR) is 87.2 cm³/mol. The molecule has 25 heavy (non-hydrogen) atoms. The average molecular weight is 352 g/mol. The molecule has 2 rings (SSSR count). The Bertz CT molecular complexity index is 632. The molecule has 0 fully saturated rings. The van der Waals surface area contributed by atoms with Crippen molar-refractivity contribution in [3.8, 4) is 5.88 Å². The first-order valence-corrected chi connectivity index (χ1v) is 7.69. The molecule has 9 heteroatoms. The van der Waals surface area contributed by atoms with Crippen molar-refractivity contribution < 1.29 is 23.2 Å². The summed E-state index contributed by atoms with van der Waals surface area (Å²) in [6.07, 6.45) is 5.87. The number of hydrogen-bond donors (Lipinski definition) is 2. The van der Waals surface area contributed by atoms with E-state index in [-0.39, 0.29) is 18.0 Å². The van der Waals surface area contributed by atoms with Crippen LogP contribution in [0.25, 0.3) is 0 Å². The van der Waals surface area contributed by atoms with E-state index in [4.69, 9.17) is 16.2 Å². The lowest BCUT2D eigenvalue weighted by molar-refractivity contribution is -0.121. The number of halogens is 1. The van der Waals surface area contributed by atoms with Crippen molar-refractivity contribution in [2.75, 3.05) is 13.2 Å². The predicted octanol–water partition coefficient (Wildman–Crippen LogP) is 1.46. The number of Topliss-reactive ketones (excluding diaryl/α,β-unsaturated/α-hetero) is 1. The van der Waals surface area contributed by atoms with E-state index in [1.807, 2.05) is 0 Å². The zero-order chi connectivity index (χ0) is 18.5. The molecule has 0 aliphatic rings. The van der Waals surface area contributed by atoms with Crippen LogP contribution >= 0.6 is 0 Å². The van der Waals surface area contributed by atoms with Gasteiger partial charge in [-0.05, 0) is 36.7 Å². The molecule has 0 bridgehead atoms. The van der Waals surface area contributed by atoms with Gasteiger partial charge in [-0.2, -0.15) is 4.39 Å². The van der Waals surface area contributed by atoms with Gasteiger partial charge < -0.3 is 20.7 Å². The molecule has 0 radical (unpaired) electrons. The van der Waals surface area contributed by atoms with Crippen LogP contribution in [0.4, 0.5) is 4.39 Å². The molecule has 8 nitrogen and oxygen atoms in total. The van der Waals surface area contributed by atoms with E-state index in [9.17, 15) is 14.0 Å². The standard InChI is InChI=1S/C10H16N2O3.C6H5FN2O/c11-6-3-1-2-4-9(13)8-14-10-5-7-15-12-10;7-5-2-1-4(3-9-5)6(8)10/h5,7H,1-4,6,8,11H2;1-3H,(H2,8,10). The van der Waals surface area contributed by atoms with E-state index in [2.05, 4.69) is 14.7 Å². The summed E-state index contributed by atoms with van der Waals surface area (Å²) in [5, 5.41) is 3.53. The van der Waals surface area contributed by atoms with Crippen molar-refractivity contribution in [1.29, 1.82) is 0 Å². The number of carbonyl (C=O) groups is 2. The van der Waals surface area contributed by atoms with Gasteiger partial charge in [0, 0.05) is 18.7 Å². The van der Waals surface area contributed by atoms with Crippen LogP contribution in [0.1, 0.15) is 36.0 Å². The number of nitrogens with two attached hydrogens (primary N) is 2. The summed E-state index contributed by atoms with van der Waals surface area (Å²) < 4.78 is 21.7. The lowest BCUT2D eigenvalue weighted by atomic mass is 10.1. The number of nitrogens with zero attached hydrogens (tertiary/aromatic N) is 2. The molecule has 0 atom stereocenters. The lowest BCUT2D eigenvalue weighted by Crippen LogP contribution is -2.11. The minimum atomic E-state index is -0.620. The van der Waals surface area contributed by atoms with Crippen molar-refractivity contribution >= 4 is 11.7 Å². The maximum absolute atomic E-state index is 12.1. The highest BCUT2D eigenvalue weighted by molar-refractivity contribution is 5.92. The van der Waals surface area contributed by atoms with Gasteiger partial charge in [0.15, 0.2) is 5.78 Å². The molecule has 0 saturated heterocycles. The number of pyridine rings is 1. The summed E-state index contributed by atoms with van der Waals surface area (Å²) in [6, 6.07) is 3.94. The molecular formula is C16H21FN4O4. The summed E-state index contributed by atoms with van der Waals surface area (Å²) in [7, 11) is 0. The third-order valence-corrected chi connectivity index (χ3v) is 2.97. The van der Waals surface area contributed by atoms with E-state index < -0.39 is 11.9 Å². The molecule has 0 spiro atoms. The van der Waals surface area contributed by atoms with Crippen LogP contribution in [0.5, 0.6) is 5.88 Å². The second kappa shape index (κ2) is 11.7. The highest BCUT2D eigenvalue weighted by Gasteiger charge is 2.04. The van der Waals surface area contributed by atoms with Crippen LogP contribution in [-0.4, -0.2) is 35.0 Å². The lowest BCUT2D eigenvalue weighted by Gasteiger charge is -2.01. The molecular weight excluding hydrogens is 331 g/mol. The zero-order valence-corrected chi connectivity index (χ0v) is 13.7. The fourth-order valence-electron chi connectivity index (χ4n) is 1.67. The number of amides is 1. The van der Waals surface area contributed by atoms with Gasteiger partial charge in [0.25, 0.3) is 5.88 Å². The summed E-state index contributed by atoms with van der Waals surface area (Å²) in [4.78, 5) is 24.9. The molecule has 0 aliphatic heterocycles. The number of rotatable bonds is 9. The van der Waals surface area contributed by atoms with Crippen molar-refractivity contribution in [3.63, 3.8) is 0 Å². The Labute approximate surface area is 144 Å². The van der Waals surface area contributed by atoms with Gasteiger partial charge in [-0.1, -0.05) is 6.42 Å². The van der Waals surface area contributed by atoms with E-state index in [1.165, 1.54) is 12.3 Å². The van der Waals surface area contributed by atoms with Crippen LogP contribution in [0.15, 0.2) is 35.2 Å². The molecule has 0 unspecified atom stereocenters. The third kappa shape index (κ3) is 9.16. The molecule has 4 N–H and O–H groups in total. The smallest absolute Gasteiger partial charge is 0.254 e. The second-order valence-electron chi connectivity index (χ2n) is 5.00. The molecule has 2 heterocycles. The Morgan fingerprint density at radius 2 is 2.00 bits per heavy atom. The summed E-state index contributed by atoms with van der Waals surface area (Å²) >= 11 is 0. The molecule has 136 valence electrons. The van der Waals surface area contributed by atoms with Gasteiger partial charge in [0.1, 0.15) is 12.9 Å². The van der Waals surface area contributed by atoms with Gasteiger partial charge in [0.2, 0.25) is 11.9 Å². The summed E-state index contributed by atoms with van der Waals surface area (Å²) in [5.41, 5.74) is 10.4. The molecule has 1 amide bonds. The first-order valence-electron chi connectivity index (χ1n) is 7.69. The normalized spacial score (nSPS) is 9.84.